The summed E-state index contributed by atoms with van der Waals surface area (Å²) in [5.41, 5.74) is 1.33. The minimum absolute atomic E-state index is 0.578. The molecule has 1 heterocycles. The van der Waals surface area contributed by atoms with Crippen molar-refractivity contribution in [1.29, 1.82) is 0 Å². The molecule has 16 heavy (non-hydrogen) atoms. The molecule has 0 bridgehead atoms. The zero-order valence-corrected chi connectivity index (χ0v) is 11.0. The molecule has 1 aromatic rings. The highest BCUT2D eigenvalue weighted by Gasteiger charge is 2.15. The van der Waals surface area contributed by atoms with Gasteiger partial charge in [0, 0.05) is 19.3 Å². The highest BCUT2D eigenvalue weighted by atomic mass is 15.2. The van der Waals surface area contributed by atoms with Crippen LogP contribution in [0.3, 0.4) is 0 Å². The molecule has 2 atom stereocenters. The monoisotopic (exact) mass is 223 g/mol. The molecule has 92 valence electrons. The van der Waals surface area contributed by atoms with Crippen LogP contribution in [-0.4, -0.2) is 22.4 Å². The van der Waals surface area contributed by atoms with Crippen LogP contribution in [0, 0.1) is 5.92 Å². The van der Waals surface area contributed by atoms with E-state index in [9.17, 15) is 0 Å². The van der Waals surface area contributed by atoms with E-state index in [4.69, 9.17) is 0 Å². The lowest BCUT2D eigenvalue weighted by Crippen LogP contribution is -2.37. The number of hydrogen-bond acceptors (Lipinski definition) is 2. The molecule has 1 N–H and O–H groups in total. The van der Waals surface area contributed by atoms with Crippen LogP contribution in [0.15, 0.2) is 12.4 Å². The Balaban J connectivity index is 2.55. The van der Waals surface area contributed by atoms with E-state index in [1.165, 1.54) is 18.4 Å². The number of hydrogen-bond donors (Lipinski definition) is 1. The van der Waals surface area contributed by atoms with Gasteiger partial charge in [0.1, 0.15) is 0 Å². The molecule has 3 nitrogen and oxygen atoms in total. The summed E-state index contributed by atoms with van der Waals surface area (Å²) in [5, 5.41) is 7.86. The van der Waals surface area contributed by atoms with Gasteiger partial charge in [0.2, 0.25) is 0 Å². The Morgan fingerprint density at radius 2 is 2.19 bits per heavy atom. The van der Waals surface area contributed by atoms with E-state index in [2.05, 4.69) is 37.4 Å². The van der Waals surface area contributed by atoms with E-state index >= 15 is 0 Å². The average Bonchev–Trinajstić information content (AvgIpc) is 2.69. The summed E-state index contributed by atoms with van der Waals surface area (Å²) in [4.78, 5) is 0. The maximum absolute atomic E-state index is 4.22. The van der Waals surface area contributed by atoms with Gasteiger partial charge in [0.25, 0.3) is 0 Å². The summed E-state index contributed by atoms with van der Waals surface area (Å²) in [5.74, 6) is 0.715. The molecular weight excluding hydrogens is 198 g/mol. The van der Waals surface area contributed by atoms with Crippen molar-refractivity contribution in [2.45, 2.75) is 46.1 Å². The SMILES string of the molecule is CCCNC(Cc1cnn(C)c1)C(C)CC. The fourth-order valence-corrected chi connectivity index (χ4v) is 1.92. The van der Waals surface area contributed by atoms with Crippen molar-refractivity contribution in [2.24, 2.45) is 13.0 Å². The molecule has 0 amide bonds. The number of aromatic nitrogens is 2. The second-order valence-electron chi connectivity index (χ2n) is 4.67. The summed E-state index contributed by atoms with van der Waals surface area (Å²) in [6, 6.07) is 0.578. The number of aryl methyl sites for hydroxylation is 1. The molecule has 0 aliphatic rings. The molecular formula is C13H25N3. The fourth-order valence-electron chi connectivity index (χ4n) is 1.92. The highest BCUT2D eigenvalue weighted by Crippen LogP contribution is 2.13. The number of nitrogens with one attached hydrogen (secondary N) is 1. The van der Waals surface area contributed by atoms with Crippen LogP contribution in [0.2, 0.25) is 0 Å². The van der Waals surface area contributed by atoms with E-state index in [-0.39, 0.29) is 0 Å². The zero-order valence-electron chi connectivity index (χ0n) is 11.0. The van der Waals surface area contributed by atoms with Gasteiger partial charge in [-0.1, -0.05) is 27.2 Å². The van der Waals surface area contributed by atoms with Crippen molar-refractivity contribution in [3.63, 3.8) is 0 Å². The van der Waals surface area contributed by atoms with Crippen molar-refractivity contribution in [2.75, 3.05) is 6.54 Å². The predicted octanol–water partition coefficient (Wildman–Crippen LogP) is 2.38. The maximum atomic E-state index is 4.22. The molecule has 1 rings (SSSR count). The maximum Gasteiger partial charge on any atom is 0.0522 e. The lowest BCUT2D eigenvalue weighted by molar-refractivity contribution is 0.365. The normalized spacial score (nSPS) is 15.0. The summed E-state index contributed by atoms with van der Waals surface area (Å²) in [6.07, 6.45) is 7.59. The van der Waals surface area contributed by atoms with Crippen molar-refractivity contribution < 1.29 is 0 Å². The molecule has 0 aromatic carbocycles. The number of nitrogens with zero attached hydrogens (tertiary/aromatic N) is 2. The first-order chi connectivity index (χ1) is 7.67. The van der Waals surface area contributed by atoms with Crippen LogP contribution in [-0.2, 0) is 13.5 Å². The lowest BCUT2D eigenvalue weighted by Gasteiger charge is -2.23. The van der Waals surface area contributed by atoms with Gasteiger partial charge in [-0.2, -0.15) is 5.10 Å². The van der Waals surface area contributed by atoms with Crippen LogP contribution in [0.5, 0.6) is 0 Å². The van der Waals surface area contributed by atoms with Crippen molar-refractivity contribution in [1.82, 2.24) is 15.1 Å². The van der Waals surface area contributed by atoms with E-state index < -0.39 is 0 Å². The Morgan fingerprint density at radius 3 is 2.69 bits per heavy atom. The minimum Gasteiger partial charge on any atom is -0.313 e. The summed E-state index contributed by atoms with van der Waals surface area (Å²) in [7, 11) is 1.97. The largest absolute Gasteiger partial charge is 0.313 e. The van der Waals surface area contributed by atoms with Crippen LogP contribution < -0.4 is 5.32 Å². The Bertz CT molecular complexity index is 293. The summed E-state index contributed by atoms with van der Waals surface area (Å²) >= 11 is 0. The summed E-state index contributed by atoms with van der Waals surface area (Å²) < 4.78 is 1.88. The van der Waals surface area contributed by atoms with Crippen molar-refractivity contribution in [3.8, 4) is 0 Å². The third-order valence-corrected chi connectivity index (χ3v) is 3.20. The molecule has 2 unspecified atom stereocenters. The van der Waals surface area contributed by atoms with Crippen LogP contribution in [0.25, 0.3) is 0 Å². The van der Waals surface area contributed by atoms with Crippen molar-refractivity contribution in [3.05, 3.63) is 18.0 Å². The topological polar surface area (TPSA) is 29.9 Å². The second-order valence-corrected chi connectivity index (χ2v) is 4.67. The molecule has 0 spiro atoms. The second kappa shape index (κ2) is 6.69. The quantitative estimate of drug-likeness (QED) is 0.769. The molecule has 0 saturated heterocycles. The van der Waals surface area contributed by atoms with E-state index in [1.807, 2.05) is 17.9 Å². The van der Waals surface area contributed by atoms with Gasteiger partial charge in [-0.05, 0) is 30.9 Å². The van der Waals surface area contributed by atoms with Gasteiger partial charge in [-0.25, -0.2) is 0 Å². The standard InChI is InChI=1S/C13H25N3/c1-5-7-14-13(11(3)6-2)8-12-9-15-16(4)10-12/h9-11,13-14H,5-8H2,1-4H3. The first-order valence-corrected chi connectivity index (χ1v) is 6.38. The molecule has 0 fully saturated rings. The van der Waals surface area contributed by atoms with Gasteiger partial charge in [0.15, 0.2) is 0 Å². The van der Waals surface area contributed by atoms with E-state index in [0.717, 1.165) is 13.0 Å². The molecule has 0 radical (unpaired) electrons. The van der Waals surface area contributed by atoms with Crippen LogP contribution in [0.1, 0.15) is 39.2 Å². The Kier molecular flexibility index (Phi) is 5.53. The minimum atomic E-state index is 0.578. The zero-order chi connectivity index (χ0) is 12.0. The van der Waals surface area contributed by atoms with Crippen LogP contribution in [0.4, 0.5) is 0 Å². The lowest BCUT2D eigenvalue weighted by atomic mass is 9.94. The molecule has 3 heteroatoms. The van der Waals surface area contributed by atoms with Gasteiger partial charge in [-0.15, -0.1) is 0 Å². The van der Waals surface area contributed by atoms with E-state index in [1.54, 1.807) is 0 Å². The smallest absolute Gasteiger partial charge is 0.0522 e. The van der Waals surface area contributed by atoms with Crippen LogP contribution >= 0.6 is 0 Å². The summed E-state index contributed by atoms with van der Waals surface area (Å²) in [6.45, 7) is 7.90. The van der Waals surface area contributed by atoms with E-state index in [0.29, 0.717) is 12.0 Å². The molecule has 0 aliphatic carbocycles. The highest BCUT2D eigenvalue weighted by molar-refractivity contribution is 5.06. The van der Waals surface area contributed by atoms with Crippen molar-refractivity contribution >= 4 is 0 Å². The third-order valence-electron chi connectivity index (χ3n) is 3.20. The first kappa shape index (κ1) is 13.2. The Morgan fingerprint density at radius 1 is 1.44 bits per heavy atom. The third kappa shape index (κ3) is 3.97. The molecule has 0 aliphatic heterocycles. The Hall–Kier alpha value is -0.830. The molecule has 0 saturated carbocycles. The average molecular weight is 223 g/mol. The molecule has 1 aromatic heterocycles. The van der Waals surface area contributed by atoms with Gasteiger partial charge < -0.3 is 5.32 Å². The van der Waals surface area contributed by atoms with Gasteiger partial charge >= 0.3 is 0 Å². The van der Waals surface area contributed by atoms with Gasteiger partial charge in [0.05, 0.1) is 6.20 Å². The predicted molar refractivity (Wildman–Crippen MR) is 68.4 cm³/mol. The van der Waals surface area contributed by atoms with Gasteiger partial charge in [-0.3, -0.25) is 4.68 Å². The first-order valence-electron chi connectivity index (χ1n) is 6.38. The fraction of sp³-hybridized carbons (Fsp3) is 0.769. The number of rotatable bonds is 7. The Labute approximate surface area is 99.2 Å².